The first kappa shape index (κ1) is 16.0. The Morgan fingerprint density at radius 3 is 2.78 bits per heavy atom. The second-order valence-electron chi connectivity index (χ2n) is 5.41. The molecule has 1 aromatic heterocycles. The van der Waals surface area contributed by atoms with E-state index < -0.39 is 5.60 Å². The minimum absolute atomic E-state index is 0.127. The van der Waals surface area contributed by atoms with Crippen molar-refractivity contribution in [3.8, 4) is 0 Å². The van der Waals surface area contributed by atoms with Crippen molar-refractivity contribution >= 4 is 33.5 Å². The fourth-order valence-electron chi connectivity index (χ4n) is 2.79. The third-order valence-electron chi connectivity index (χ3n) is 3.88. The second kappa shape index (κ2) is 6.31. The SMILES string of the molecule is Nc1cc(N2CCO[C@](CO)(c3ccccc3Br)C2)nc(N)n1. The van der Waals surface area contributed by atoms with E-state index in [4.69, 9.17) is 16.2 Å². The molecular weight excluding hydrogens is 362 g/mol. The van der Waals surface area contributed by atoms with E-state index in [1.54, 1.807) is 6.07 Å². The summed E-state index contributed by atoms with van der Waals surface area (Å²) in [4.78, 5) is 10.1. The highest BCUT2D eigenvalue weighted by Gasteiger charge is 2.40. The van der Waals surface area contributed by atoms with Gasteiger partial charge in [-0.1, -0.05) is 34.1 Å². The molecule has 0 aliphatic carbocycles. The fourth-order valence-corrected chi connectivity index (χ4v) is 3.43. The van der Waals surface area contributed by atoms with Crippen molar-refractivity contribution in [1.82, 2.24) is 9.97 Å². The van der Waals surface area contributed by atoms with E-state index in [2.05, 4.69) is 25.9 Å². The highest BCUT2D eigenvalue weighted by molar-refractivity contribution is 9.10. The van der Waals surface area contributed by atoms with E-state index in [1.807, 2.05) is 29.2 Å². The summed E-state index contributed by atoms with van der Waals surface area (Å²) in [6.07, 6.45) is 0. The Morgan fingerprint density at radius 1 is 1.30 bits per heavy atom. The van der Waals surface area contributed by atoms with Crippen LogP contribution < -0.4 is 16.4 Å². The molecule has 8 heteroatoms. The lowest BCUT2D eigenvalue weighted by molar-refractivity contribution is -0.0936. The van der Waals surface area contributed by atoms with E-state index in [0.717, 1.165) is 10.0 Å². The smallest absolute Gasteiger partial charge is 0.223 e. The molecule has 1 aromatic carbocycles. The average Bonchev–Trinajstić information content (AvgIpc) is 2.54. The number of aliphatic hydroxyl groups is 1. The van der Waals surface area contributed by atoms with Gasteiger partial charge >= 0.3 is 0 Å². The number of hydrogen-bond donors (Lipinski definition) is 3. The van der Waals surface area contributed by atoms with Gasteiger partial charge in [-0.2, -0.15) is 9.97 Å². The van der Waals surface area contributed by atoms with Gasteiger partial charge in [0.05, 0.1) is 19.8 Å². The summed E-state index contributed by atoms with van der Waals surface area (Å²) in [5.74, 6) is 1.07. The molecule has 0 spiro atoms. The number of halogens is 1. The Kier molecular flexibility index (Phi) is 4.38. The maximum Gasteiger partial charge on any atom is 0.223 e. The quantitative estimate of drug-likeness (QED) is 0.732. The molecule has 2 aromatic rings. The van der Waals surface area contributed by atoms with Crippen molar-refractivity contribution in [2.75, 3.05) is 42.7 Å². The van der Waals surface area contributed by atoms with Crippen LogP contribution in [0.5, 0.6) is 0 Å². The molecule has 1 atom stereocenters. The summed E-state index contributed by atoms with van der Waals surface area (Å²) in [5, 5.41) is 10.0. The van der Waals surface area contributed by atoms with Crippen molar-refractivity contribution in [1.29, 1.82) is 0 Å². The molecule has 1 saturated heterocycles. The zero-order valence-electron chi connectivity index (χ0n) is 12.4. The molecular formula is C15H18BrN5O2. The number of anilines is 3. The highest BCUT2D eigenvalue weighted by Crippen LogP contribution is 2.35. The first-order chi connectivity index (χ1) is 11.0. The van der Waals surface area contributed by atoms with Gasteiger partial charge in [-0.05, 0) is 6.07 Å². The van der Waals surface area contributed by atoms with Gasteiger partial charge in [-0.15, -0.1) is 0 Å². The van der Waals surface area contributed by atoms with Crippen LogP contribution in [0.25, 0.3) is 0 Å². The van der Waals surface area contributed by atoms with Crippen molar-refractivity contribution in [3.05, 3.63) is 40.4 Å². The van der Waals surface area contributed by atoms with Crippen molar-refractivity contribution < 1.29 is 9.84 Å². The van der Waals surface area contributed by atoms with Gasteiger partial charge in [0.25, 0.3) is 0 Å². The Morgan fingerprint density at radius 2 is 2.09 bits per heavy atom. The minimum atomic E-state index is -0.840. The van der Waals surface area contributed by atoms with Gasteiger partial charge in [-0.25, -0.2) is 0 Å². The Labute approximate surface area is 142 Å². The van der Waals surface area contributed by atoms with E-state index in [1.165, 1.54) is 0 Å². The summed E-state index contributed by atoms with van der Waals surface area (Å²) in [6.45, 7) is 1.36. The molecule has 0 amide bonds. The van der Waals surface area contributed by atoms with Crippen LogP contribution in [0, 0.1) is 0 Å². The third-order valence-corrected chi connectivity index (χ3v) is 4.57. The number of hydrogen-bond acceptors (Lipinski definition) is 7. The van der Waals surface area contributed by atoms with Gasteiger partial charge in [0.15, 0.2) is 0 Å². The molecule has 3 rings (SSSR count). The number of ether oxygens (including phenoxy) is 1. The summed E-state index contributed by atoms with van der Waals surface area (Å²) in [7, 11) is 0. The maximum absolute atomic E-state index is 10.0. The van der Waals surface area contributed by atoms with E-state index in [-0.39, 0.29) is 12.6 Å². The van der Waals surface area contributed by atoms with E-state index in [0.29, 0.717) is 31.3 Å². The average molecular weight is 380 g/mol. The van der Waals surface area contributed by atoms with Crippen molar-refractivity contribution in [2.24, 2.45) is 0 Å². The lowest BCUT2D eigenvalue weighted by atomic mass is 9.92. The molecule has 122 valence electrons. The van der Waals surface area contributed by atoms with Crippen LogP contribution in [0.4, 0.5) is 17.6 Å². The standard InChI is InChI=1S/C15H18BrN5O2/c16-11-4-2-1-3-10(11)15(9-22)8-21(5-6-23-15)13-7-12(17)19-14(18)20-13/h1-4,7,22H,5-6,8-9H2,(H4,17,18,19,20)/t15-/m1/s1. The summed E-state index contributed by atoms with van der Waals surface area (Å²) >= 11 is 3.53. The van der Waals surface area contributed by atoms with Crippen LogP contribution in [0.15, 0.2) is 34.8 Å². The van der Waals surface area contributed by atoms with Crippen LogP contribution >= 0.6 is 15.9 Å². The largest absolute Gasteiger partial charge is 0.393 e. The zero-order chi connectivity index (χ0) is 16.4. The predicted molar refractivity (Wildman–Crippen MR) is 91.9 cm³/mol. The summed E-state index contributed by atoms with van der Waals surface area (Å²) < 4.78 is 6.85. The number of rotatable bonds is 3. The molecule has 5 N–H and O–H groups in total. The first-order valence-electron chi connectivity index (χ1n) is 7.19. The molecule has 1 fully saturated rings. The highest BCUT2D eigenvalue weighted by atomic mass is 79.9. The molecule has 1 aliphatic heterocycles. The second-order valence-corrected chi connectivity index (χ2v) is 6.27. The molecule has 7 nitrogen and oxygen atoms in total. The Bertz CT molecular complexity index is 694. The zero-order valence-corrected chi connectivity index (χ0v) is 14.0. The van der Waals surface area contributed by atoms with Gasteiger partial charge in [0, 0.05) is 22.6 Å². The first-order valence-corrected chi connectivity index (χ1v) is 7.98. The number of nitrogens with two attached hydrogens (primary N) is 2. The number of aromatic nitrogens is 2. The Balaban J connectivity index is 1.96. The monoisotopic (exact) mass is 379 g/mol. The van der Waals surface area contributed by atoms with Crippen LogP contribution in [0.1, 0.15) is 5.56 Å². The molecule has 1 aliphatic rings. The van der Waals surface area contributed by atoms with Gasteiger partial charge in [0.2, 0.25) is 5.95 Å². The van der Waals surface area contributed by atoms with Crippen LogP contribution in [-0.4, -0.2) is 41.4 Å². The number of nitrogens with zero attached hydrogens (tertiary/aromatic N) is 3. The topological polar surface area (TPSA) is 111 Å². The Hall–Kier alpha value is -1.90. The predicted octanol–water partition coefficient (Wildman–Crippen LogP) is 1.13. The van der Waals surface area contributed by atoms with E-state index >= 15 is 0 Å². The molecule has 0 radical (unpaired) electrons. The van der Waals surface area contributed by atoms with Crippen molar-refractivity contribution in [3.63, 3.8) is 0 Å². The maximum atomic E-state index is 10.0. The van der Waals surface area contributed by atoms with Gasteiger partial charge in [-0.3, -0.25) is 0 Å². The molecule has 0 saturated carbocycles. The van der Waals surface area contributed by atoms with Crippen LogP contribution in [-0.2, 0) is 10.3 Å². The van der Waals surface area contributed by atoms with Crippen molar-refractivity contribution in [2.45, 2.75) is 5.60 Å². The number of benzene rings is 1. The lowest BCUT2D eigenvalue weighted by Gasteiger charge is -2.43. The van der Waals surface area contributed by atoms with Gasteiger partial charge < -0.3 is 26.2 Å². The molecule has 23 heavy (non-hydrogen) atoms. The molecule has 0 bridgehead atoms. The van der Waals surface area contributed by atoms with E-state index in [9.17, 15) is 5.11 Å². The van der Waals surface area contributed by atoms with Gasteiger partial charge in [0.1, 0.15) is 17.2 Å². The number of morpholine rings is 1. The normalized spacial score (nSPS) is 21.4. The number of aliphatic hydroxyl groups excluding tert-OH is 1. The third kappa shape index (κ3) is 3.10. The summed E-state index contributed by atoms with van der Waals surface area (Å²) in [6, 6.07) is 9.37. The molecule has 0 unspecified atom stereocenters. The fraction of sp³-hybridized carbons (Fsp3) is 0.333. The van der Waals surface area contributed by atoms with Crippen LogP contribution in [0.2, 0.25) is 0 Å². The minimum Gasteiger partial charge on any atom is -0.393 e. The van der Waals surface area contributed by atoms with Crippen LogP contribution in [0.3, 0.4) is 0 Å². The number of nitrogen functional groups attached to an aromatic ring is 2. The summed E-state index contributed by atoms with van der Waals surface area (Å²) in [5.41, 5.74) is 11.5. The molecule has 2 heterocycles. The lowest BCUT2D eigenvalue weighted by Crippen LogP contribution is -2.52.